The van der Waals surface area contributed by atoms with Crippen LogP contribution in [0, 0.1) is 0 Å². The molecule has 0 bridgehead atoms. The van der Waals surface area contributed by atoms with Gasteiger partial charge < -0.3 is 0 Å². The summed E-state index contributed by atoms with van der Waals surface area (Å²) in [6.45, 7) is 0. The molecule has 0 amide bonds. The average Bonchev–Trinajstić information content (AvgIpc) is 2.37. The fourth-order valence-corrected chi connectivity index (χ4v) is 2.56. The van der Waals surface area contributed by atoms with Crippen molar-refractivity contribution in [1.29, 1.82) is 0 Å². The van der Waals surface area contributed by atoms with Crippen LogP contribution in [0.25, 0.3) is 0 Å². The molecule has 0 spiro atoms. The maximum absolute atomic E-state index is 4.13. The summed E-state index contributed by atoms with van der Waals surface area (Å²) in [6, 6.07) is 3.63. The smallest absolute Gasteiger partial charge is 0.187 e. The Hall–Kier alpha value is -1.14. The van der Waals surface area contributed by atoms with Gasteiger partial charge in [0.2, 0.25) is 0 Å². The number of hydrogen-bond donors (Lipinski definition) is 0. The molecule has 0 aliphatic heterocycles. The summed E-state index contributed by atoms with van der Waals surface area (Å²) in [5.74, 6) is 1.90. The Morgan fingerprint density at radius 1 is 0.688 bits per heavy atom. The van der Waals surface area contributed by atoms with Gasteiger partial charge in [0.25, 0.3) is 0 Å². The summed E-state index contributed by atoms with van der Waals surface area (Å²) in [7, 11) is 0. The minimum absolute atomic E-state index is 0.817. The summed E-state index contributed by atoms with van der Waals surface area (Å²) in [4.78, 5) is 16.5. The van der Waals surface area contributed by atoms with Gasteiger partial charge in [-0.25, -0.2) is 19.9 Å². The van der Waals surface area contributed by atoms with E-state index in [-0.39, 0.29) is 0 Å². The summed E-state index contributed by atoms with van der Waals surface area (Å²) < 4.78 is 0. The summed E-state index contributed by atoms with van der Waals surface area (Å²) in [5, 5.41) is 1.63. The SMILES string of the molecule is c1cnc(SCCSc2ncccn2)nc1. The van der Waals surface area contributed by atoms with E-state index in [0.717, 1.165) is 21.8 Å². The van der Waals surface area contributed by atoms with Gasteiger partial charge in [0.15, 0.2) is 10.3 Å². The number of aromatic nitrogens is 4. The predicted molar refractivity (Wildman–Crippen MR) is 65.5 cm³/mol. The minimum atomic E-state index is 0.817. The van der Waals surface area contributed by atoms with Crippen LogP contribution in [0.1, 0.15) is 0 Å². The van der Waals surface area contributed by atoms with E-state index in [2.05, 4.69) is 19.9 Å². The maximum Gasteiger partial charge on any atom is 0.187 e. The lowest BCUT2D eigenvalue weighted by molar-refractivity contribution is 0.964. The van der Waals surface area contributed by atoms with Crippen molar-refractivity contribution in [3.05, 3.63) is 36.9 Å². The molecule has 16 heavy (non-hydrogen) atoms. The highest BCUT2D eigenvalue weighted by Crippen LogP contribution is 2.16. The molecule has 0 radical (unpaired) electrons. The molecule has 2 rings (SSSR count). The fraction of sp³-hybridized carbons (Fsp3) is 0.200. The Labute approximate surface area is 102 Å². The second-order valence-electron chi connectivity index (χ2n) is 2.76. The number of rotatable bonds is 5. The van der Waals surface area contributed by atoms with Crippen molar-refractivity contribution in [3.8, 4) is 0 Å². The van der Waals surface area contributed by atoms with Gasteiger partial charge in [0, 0.05) is 36.3 Å². The molecule has 4 nitrogen and oxygen atoms in total. The van der Waals surface area contributed by atoms with Gasteiger partial charge in [-0.05, 0) is 12.1 Å². The standard InChI is InChI=1S/C10H10N4S2/c1-3-11-9(12-4-1)15-7-8-16-10-13-5-2-6-14-10/h1-6H,7-8H2. The molecule has 2 aromatic rings. The van der Waals surface area contributed by atoms with Crippen molar-refractivity contribution in [2.45, 2.75) is 10.3 Å². The Morgan fingerprint density at radius 3 is 1.44 bits per heavy atom. The van der Waals surface area contributed by atoms with Crippen molar-refractivity contribution < 1.29 is 0 Å². The molecule has 0 fully saturated rings. The molecule has 82 valence electrons. The lowest BCUT2D eigenvalue weighted by Crippen LogP contribution is -1.90. The molecule has 0 aliphatic carbocycles. The van der Waals surface area contributed by atoms with Crippen LogP contribution in [0.4, 0.5) is 0 Å². The van der Waals surface area contributed by atoms with Gasteiger partial charge in [-0.1, -0.05) is 23.5 Å². The Bertz CT molecular complexity index is 368. The highest BCUT2D eigenvalue weighted by atomic mass is 32.2. The minimum Gasteiger partial charge on any atom is -0.231 e. The van der Waals surface area contributed by atoms with E-state index in [4.69, 9.17) is 0 Å². The van der Waals surface area contributed by atoms with E-state index in [1.54, 1.807) is 48.3 Å². The van der Waals surface area contributed by atoms with E-state index in [1.165, 1.54) is 0 Å². The Kier molecular flexibility index (Phi) is 4.57. The lowest BCUT2D eigenvalue weighted by Gasteiger charge is -1.99. The van der Waals surface area contributed by atoms with Crippen molar-refractivity contribution in [2.75, 3.05) is 11.5 Å². The van der Waals surface area contributed by atoms with Crippen LogP contribution in [0.2, 0.25) is 0 Å². The lowest BCUT2D eigenvalue weighted by atomic mass is 10.7. The second-order valence-corrected chi connectivity index (χ2v) is 4.88. The monoisotopic (exact) mass is 250 g/mol. The number of hydrogen-bond acceptors (Lipinski definition) is 6. The quantitative estimate of drug-likeness (QED) is 0.460. The first-order valence-corrected chi connectivity index (χ1v) is 6.72. The number of nitrogens with zero attached hydrogens (tertiary/aromatic N) is 4. The first-order valence-electron chi connectivity index (χ1n) is 4.75. The molecule has 0 saturated heterocycles. The zero-order valence-electron chi connectivity index (χ0n) is 8.48. The van der Waals surface area contributed by atoms with Crippen LogP contribution in [0.3, 0.4) is 0 Å². The van der Waals surface area contributed by atoms with Crippen LogP contribution < -0.4 is 0 Å². The predicted octanol–water partition coefficient (Wildman–Crippen LogP) is 2.15. The second kappa shape index (κ2) is 6.44. The van der Waals surface area contributed by atoms with Gasteiger partial charge in [-0.2, -0.15) is 0 Å². The highest BCUT2D eigenvalue weighted by Gasteiger charge is 1.98. The van der Waals surface area contributed by atoms with Crippen LogP contribution in [-0.2, 0) is 0 Å². The first-order chi connectivity index (χ1) is 7.95. The third-order valence-electron chi connectivity index (χ3n) is 1.63. The van der Waals surface area contributed by atoms with E-state index in [0.29, 0.717) is 0 Å². The molecular formula is C10H10N4S2. The molecule has 0 unspecified atom stereocenters. The van der Waals surface area contributed by atoms with Crippen LogP contribution in [0.15, 0.2) is 47.2 Å². The molecule has 0 saturated carbocycles. The van der Waals surface area contributed by atoms with Crippen molar-refractivity contribution in [1.82, 2.24) is 19.9 Å². The van der Waals surface area contributed by atoms with E-state index in [1.807, 2.05) is 12.1 Å². The van der Waals surface area contributed by atoms with Crippen LogP contribution in [0.5, 0.6) is 0 Å². The molecule has 2 heterocycles. The van der Waals surface area contributed by atoms with Gasteiger partial charge in [-0.3, -0.25) is 0 Å². The first kappa shape index (κ1) is 11.3. The van der Waals surface area contributed by atoms with Crippen LogP contribution >= 0.6 is 23.5 Å². The van der Waals surface area contributed by atoms with Crippen molar-refractivity contribution in [3.63, 3.8) is 0 Å². The summed E-state index contributed by atoms with van der Waals surface area (Å²) >= 11 is 3.28. The third kappa shape index (κ3) is 3.79. The zero-order valence-corrected chi connectivity index (χ0v) is 10.1. The number of thioether (sulfide) groups is 2. The topological polar surface area (TPSA) is 51.6 Å². The van der Waals surface area contributed by atoms with Gasteiger partial charge in [-0.15, -0.1) is 0 Å². The zero-order chi connectivity index (χ0) is 11.1. The van der Waals surface area contributed by atoms with E-state index >= 15 is 0 Å². The Morgan fingerprint density at radius 2 is 1.06 bits per heavy atom. The fourth-order valence-electron chi connectivity index (χ4n) is 0.986. The highest BCUT2D eigenvalue weighted by molar-refractivity contribution is 8.02. The van der Waals surface area contributed by atoms with Crippen LogP contribution in [-0.4, -0.2) is 31.4 Å². The van der Waals surface area contributed by atoms with Crippen molar-refractivity contribution in [2.24, 2.45) is 0 Å². The Balaban J connectivity index is 1.70. The maximum atomic E-state index is 4.13. The van der Waals surface area contributed by atoms with Gasteiger partial charge in [0.05, 0.1) is 0 Å². The molecule has 0 aromatic carbocycles. The van der Waals surface area contributed by atoms with E-state index in [9.17, 15) is 0 Å². The molecule has 2 aromatic heterocycles. The summed E-state index contributed by atoms with van der Waals surface area (Å²) in [5.41, 5.74) is 0. The van der Waals surface area contributed by atoms with E-state index < -0.39 is 0 Å². The largest absolute Gasteiger partial charge is 0.231 e. The molecule has 0 atom stereocenters. The average molecular weight is 250 g/mol. The normalized spacial score (nSPS) is 10.2. The molecular weight excluding hydrogens is 240 g/mol. The molecule has 0 aliphatic rings. The van der Waals surface area contributed by atoms with Crippen molar-refractivity contribution >= 4 is 23.5 Å². The van der Waals surface area contributed by atoms with Gasteiger partial charge >= 0.3 is 0 Å². The third-order valence-corrected chi connectivity index (χ3v) is 3.64. The molecule has 6 heteroatoms. The van der Waals surface area contributed by atoms with Gasteiger partial charge in [0.1, 0.15) is 0 Å². The summed E-state index contributed by atoms with van der Waals surface area (Å²) in [6.07, 6.45) is 7.01. The molecule has 0 N–H and O–H groups in total.